The van der Waals surface area contributed by atoms with E-state index in [1.54, 1.807) is 13.0 Å². The van der Waals surface area contributed by atoms with Crippen molar-refractivity contribution in [1.29, 1.82) is 0 Å². The minimum Gasteiger partial charge on any atom is -0.477 e. The maximum Gasteiger partial charge on any atom is 0.417 e. The Kier molecular flexibility index (Phi) is 4.60. The minimum atomic E-state index is -4.69. The molecule has 1 fully saturated rings. The van der Waals surface area contributed by atoms with Gasteiger partial charge in [0.25, 0.3) is 5.91 Å². The maximum atomic E-state index is 12.8. The molecular weight excluding hydrogens is 301 g/mol. The molecule has 2 heterocycles. The molecule has 1 aromatic rings. The van der Waals surface area contributed by atoms with Crippen LogP contribution >= 0.6 is 0 Å². The molecule has 1 aromatic heterocycles. The number of ether oxygens (including phenoxy) is 1. The predicted molar refractivity (Wildman–Crippen MR) is 71.5 cm³/mol. The van der Waals surface area contributed by atoms with Gasteiger partial charge in [0.2, 0.25) is 5.88 Å². The lowest BCUT2D eigenvalue weighted by atomic mass is 9.90. The van der Waals surface area contributed by atoms with E-state index in [4.69, 9.17) is 4.74 Å². The molecule has 0 atom stereocenters. The summed E-state index contributed by atoms with van der Waals surface area (Å²) in [7, 11) is 0. The lowest BCUT2D eigenvalue weighted by Gasteiger charge is -2.39. The smallest absolute Gasteiger partial charge is 0.417 e. The van der Waals surface area contributed by atoms with Gasteiger partial charge < -0.3 is 14.7 Å². The van der Waals surface area contributed by atoms with Crippen LogP contribution in [0.2, 0.25) is 0 Å². The SMILES string of the molecule is CCOc1ncccc1C(=O)N1CCC(O)(C(F)(F)F)CC1. The number of hydrogen-bond acceptors (Lipinski definition) is 4. The molecule has 0 unspecified atom stereocenters. The Morgan fingerprint density at radius 3 is 2.64 bits per heavy atom. The first-order valence-corrected chi connectivity index (χ1v) is 6.94. The van der Waals surface area contributed by atoms with Gasteiger partial charge in [-0.2, -0.15) is 13.2 Å². The number of carbonyl (C=O) groups is 1. The largest absolute Gasteiger partial charge is 0.477 e. The first-order chi connectivity index (χ1) is 10.3. The van der Waals surface area contributed by atoms with Crippen LogP contribution in [0.1, 0.15) is 30.1 Å². The summed E-state index contributed by atoms with van der Waals surface area (Å²) in [5, 5.41) is 9.62. The third kappa shape index (κ3) is 3.16. The molecule has 0 bridgehead atoms. The number of likely N-dealkylation sites (tertiary alicyclic amines) is 1. The quantitative estimate of drug-likeness (QED) is 0.926. The maximum absolute atomic E-state index is 12.8. The van der Waals surface area contributed by atoms with Gasteiger partial charge >= 0.3 is 6.18 Å². The fraction of sp³-hybridized carbons (Fsp3) is 0.571. The molecule has 5 nitrogen and oxygen atoms in total. The zero-order chi connectivity index (χ0) is 16.4. The number of amides is 1. The highest BCUT2D eigenvalue weighted by Crippen LogP contribution is 2.38. The summed E-state index contributed by atoms with van der Waals surface area (Å²) in [5.74, 6) is -0.285. The summed E-state index contributed by atoms with van der Waals surface area (Å²) in [6.07, 6.45) is -4.29. The Morgan fingerprint density at radius 1 is 1.45 bits per heavy atom. The molecule has 1 saturated heterocycles. The summed E-state index contributed by atoms with van der Waals surface area (Å²) in [6, 6.07) is 3.08. The van der Waals surface area contributed by atoms with Crippen molar-refractivity contribution in [2.45, 2.75) is 31.5 Å². The Hall–Kier alpha value is -1.83. The molecule has 0 saturated carbocycles. The summed E-state index contributed by atoms with van der Waals surface area (Å²) in [5.41, 5.74) is -2.51. The van der Waals surface area contributed by atoms with Crippen molar-refractivity contribution in [2.75, 3.05) is 19.7 Å². The molecule has 1 aliphatic rings. The standard InChI is InChI=1S/C14H17F3N2O3/c1-2-22-11-10(4-3-7-18-11)12(20)19-8-5-13(21,6-9-19)14(15,16)17/h3-4,7,21H,2,5-6,8-9H2,1H3. The van der Waals surface area contributed by atoms with Gasteiger partial charge in [-0.1, -0.05) is 0 Å². The van der Waals surface area contributed by atoms with Crippen molar-refractivity contribution in [2.24, 2.45) is 0 Å². The Morgan fingerprint density at radius 2 is 2.09 bits per heavy atom. The van der Waals surface area contributed by atoms with Crippen molar-refractivity contribution in [3.8, 4) is 5.88 Å². The zero-order valence-corrected chi connectivity index (χ0v) is 12.1. The van der Waals surface area contributed by atoms with E-state index in [0.717, 1.165) is 0 Å². The van der Waals surface area contributed by atoms with Gasteiger partial charge in [0.1, 0.15) is 5.56 Å². The molecule has 0 radical (unpaired) electrons. The van der Waals surface area contributed by atoms with Crippen LogP contribution in [0.15, 0.2) is 18.3 Å². The topological polar surface area (TPSA) is 62.7 Å². The zero-order valence-electron chi connectivity index (χ0n) is 12.1. The predicted octanol–water partition coefficient (Wildman–Crippen LogP) is 2.01. The van der Waals surface area contributed by atoms with Crippen LogP contribution in [0.5, 0.6) is 5.88 Å². The number of aliphatic hydroxyl groups is 1. The van der Waals surface area contributed by atoms with Crippen LogP contribution < -0.4 is 4.74 Å². The molecule has 0 aliphatic carbocycles. The fourth-order valence-electron chi connectivity index (χ4n) is 2.34. The van der Waals surface area contributed by atoms with E-state index >= 15 is 0 Å². The van der Waals surface area contributed by atoms with Crippen molar-refractivity contribution in [1.82, 2.24) is 9.88 Å². The third-order valence-electron chi connectivity index (χ3n) is 3.69. The van der Waals surface area contributed by atoms with Crippen molar-refractivity contribution in [3.63, 3.8) is 0 Å². The van der Waals surface area contributed by atoms with Gasteiger partial charge in [-0.15, -0.1) is 0 Å². The summed E-state index contributed by atoms with van der Waals surface area (Å²) < 4.78 is 43.5. The van der Waals surface area contributed by atoms with Gasteiger partial charge in [-0.25, -0.2) is 4.98 Å². The van der Waals surface area contributed by atoms with E-state index in [2.05, 4.69) is 4.98 Å². The Balaban J connectivity index is 2.11. The van der Waals surface area contributed by atoms with E-state index in [-0.39, 0.29) is 24.5 Å². The van der Waals surface area contributed by atoms with E-state index in [1.165, 1.54) is 17.2 Å². The third-order valence-corrected chi connectivity index (χ3v) is 3.69. The molecule has 1 aliphatic heterocycles. The van der Waals surface area contributed by atoms with Crippen LogP contribution in [-0.4, -0.2) is 52.4 Å². The Labute approximate surface area is 125 Å². The number of rotatable bonds is 3. The Bertz CT molecular complexity index is 540. The normalized spacial score (nSPS) is 18.1. The summed E-state index contributed by atoms with van der Waals surface area (Å²) >= 11 is 0. The van der Waals surface area contributed by atoms with Crippen LogP contribution in [0.25, 0.3) is 0 Å². The molecule has 1 amide bonds. The van der Waals surface area contributed by atoms with Crippen LogP contribution in [0.3, 0.4) is 0 Å². The molecule has 1 N–H and O–H groups in total. The molecule has 122 valence electrons. The van der Waals surface area contributed by atoms with Crippen molar-refractivity contribution in [3.05, 3.63) is 23.9 Å². The molecule has 22 heavy (non-hydrogen) atoms. The lowest BCUT2D eigenvalue weighted by molar-refractivity contribution is -0.271. The number of halogens is 3. The lowest BCUT2D eigenvalue weighted by Crippen LogP contribution is -2.54. The fourth-order valence-corrected chi connectivity index (χ4v) is 2.34. The molecule has 0 aromatic carbocycles. The summed E-state index contributed by atoms with van der Waals surface area (Å²) in [4.78, 5) is 17.6. The van der Waals surface area contributed by atoms with Gasteiger partial charge in [0.05, 0.1) is 6.61 Å². The van der Waals surface area contributed by atoms with Crippen molar-refractivity contribution < 1.29 is 27.8 Å². The summed E-state index contributed by atoms with van der Waals surface area (Å²) in [6.45, 7) is 1.73. The van der Waals surface area contributed by atoms with E-state index < -0.39 is 30.5 Å². The second-order valence-electron chi connectivity index (χ2n) is 5.11. The van der Waals surface area contributed by atoms with E-state index in [1.807, 2.05) is 0 Å². The number of nitrogens with zero attached hydrogens (tertiary/aromatic N) is 2. The van der Waals surface area contributed by atoms with Gasteiger partial charge in [0, 0.05) is 32.1 Å². The molecule has 8 heteroatoms. The average Bonchev–Trinajstić information content (AvgIpc) is 2.47. The highest BCUT2D eigenvalue weighted by Gasteiger charge is 2.55. The number of pyridine rings is 1. The average molecular weight is 318 g/mol. The van der Waals surface area contributed by atoms with E-state index in [9.17, 15) is 23.1 Å². The minimum absolute atomic E-state index is 0.159. The number of hydrogen-bond donors (Lipinski definition) is 1. The first-order valence-electron chi connectivity index (χ1n) is 6.94. The second-order valence-corrected chi connectivity index (χ2v) is 5.11. The number of carbonyl (C=O) groups excluding carboxylic acids is 1. The number of aromatic nitrogens is 1. The second kappa shape index (κ2) is 6.12. The van der Waals surface area contributed by atoms with Gasteiger partial charge in [-0.3, -0.25) is 4.79 Å². The van der Waals surface area contributed by atoms with Crippen LogP contribution in [0, 0.1) is 0 Å². The number of alkyl halides is 3. The highest BCUT2D eigenvalue weighted by atomic mass is 19.4. The molecule has 0 spiro atoms. The van der Waals surface area contributed by atoms with Crippen LogP contribution in [-0.2, 0) is 0 Å². The van der Waals surface area contributed by atoms with Crippen LogP contribution in [0.4, 0.5) is 13.2 Å². The number of piperidine rings is 1. The first kappa shape index (κ1) is 16.5. The van der Waals surface area contributed by atoms with Crippen molar-refractivity contribution >= 4 is 5.91 Å². The van der Waals surface area contributed by atoms with E-state index in [0.29, 0.717) is 6.61 Å². The molecular formula is C14H17F3N2O3. The van der Waals surface area contributed by atoms with Gasteiger partial charge in [-0.05, 0) is 19.1 Å². The monoisotopic (exact) mass is 318 g/mol. The molecule has 2 rings (SSSR count). The highest BCUT2D eigenvalue weighted by molar-refractivity contribution is 5.96. The van der Waals surface area contributed by atoms with Gasteiger partial charge in [0.15, 0.2) is 5.60 Å².